The number of nitrogens with zero attached hydrogens (tertiary/aromatic N) is 3. The van der Waals surface area contributed by atoms with Crippen molar-refractivity contribution >= 4 is 5.91 Å². The molecule has 2 fully saturated rings. The topological polar surface area (TPSA) is 77.9 Å². The summed E-state index contributed by atoms with van der Waals surface area (Å²) in [6, 6.07) is 0.422. The van der Waals surface area contributed by atoms with Gasteiger partial charge < -0.3 is 5.32 Å². The third-order valence-corrected chi connectivity index (χ3v) is 4.64. The number of hydrogen-bond donors (Lipinski definition) is 1. The standard InChI is InChI=1S/C14H24N4O/c1-10-2-4-11(5-3-10)14(19)16-12-6-8-13(9-7-12)17-18-15/h10-13H,2-9H2,1H3,(H,16,19). The van der Waals surface area contributed by atoms with E-state index >= 15 is 0 Å². The van der Waals surface area contributed by atoms with Crippen LogP contribution in [0.25, 0.3) is 10.4 Å². The van der Waals surface area contributed by atoms with Gasteiger partial charge in [0, 0.05) is 22.9 Å². The number of carbonyl (C=O) groups is 1. The van der Waals surface area contributed by atoms with Gasteiger partial charge in [-0.05, 0) is 62.8 Å². The molecule has 2 aliphatic carbocycles. The minimum atomic E-state index is 0.133. The smallest absolute Gasteiger partial charge is 0.223 e. The van der Waals surface area contributed by atoms with Crippen LogP contribution < -0.4 is 5.32 Å². The summed E-state index contributed by atoms with van der Waals surface area (Å²) in [5.74, 6) is 1.26. The Morgan fingerprint density at radius 3 is 2.32 bits per heavy atom. The Bertz CT molecular complexity index is 348. The number of hydrogen-bond acceptors (Lipinski definition) is 2. The number of azide groups is 1. The van der Waals surface area contributed by atoms with Crippen molar-refractivity contribution in [2.24, 2.45) is 17.0 Å². The van der Waals surface area contributed by atoms with E-state index in [1.54, 1.807) is 0 Å². The van der Waals surface area contributed by atoms with E-state index in [1.165, 1.54) is 12.8 Å². The summed E-state index contributed by atoms with van der Waals surface area (Å²) in [4.78, 5) is 15.1. The Balaban J connectivity index is 1.73. The molecule has 0 aromatic carbocycles. The van der Waals surface area contributed by atoms with E-state index in [-0.39, 0.29) is 23.9 Å². The third-order valence-electron chi connectivity index (χ3n) is 4.64. The van der Waals surface area contributed by atoms with Crippen LogP contribution in [-0.2, 0) is 4.79 Å². The summed E-state index contributed by atoms with van der Waals surface area (Å²) in [6.07, 6.45) is 8.13. The third kappa shape index (κ3) is 4.13. The first kappa shape index (κ1) is 14.2. The Morgan fingerprint density at radius 1 is 1.11 bits per heavy atom. The molecule has 0 heterocycles. The molecule has 0 saturated heterocycles. The van der Waals surface area contributed by atoms with Crippen molar-refractivity contribution in [1.82, 2.24) is 5.32 Å². The quantitative estimate of drug-likeness (QED) is 0.472. The summed E-state index contributed by atoms with van der Waals surface area (Å²) in [7, 11) is 0. The van der Waals surface area contributed by atoms with Gasteiger partial charge in [0.1, 0.15) is 0 Å². The van der Waals surface area contributed by atoms with Crippen molar-refractivity contribution < 1.29 is 4.79 Å². The Kier molecular flexibility index (Phi) is 5.08. The Hall–Kier alpha value is -1.22. The molecule has 0 atom stereocenters. The van der Waals surface area contributed by atoms with Crippen LogP contribution in [0.2, 0.25) is 0 Å². The number of rotatable bonds is 3. The lowest BCUT2D eigenvalue weighted by molar-refractivity contribution is -0.127. The van der Waals surface area contributed by atoms with Gasteiger partial charge in [0.2, 0.25) is 5.91 Å². The second-order valence-corrected chi connectivity index (χ2v) is 6.18. The highest BCUT2D eigenvalue weighted by Gasteiger charge is 2.27. The Morgan fingerprint density at radius 2 is 1.74 bits per heavy atom. The highest BCUT2D eigenvalue weighted by molar-refractivity contribution is 5.79. The molecule has 2 aliphatic rings. The van der Waals surface area contributed by atoms with Crippen LogP contribution in [0.5, 0.6) is 0 Å². The highest BCUT2D eigenvalue weighted by atomic mass is 16.1. The molecule has 5 heteroatoms. The lowest BCUT2D eigenvalue weighted by atomic mass is 9.82. The average Bonchev–Trinajstić information content (AvgIpc) is 2.42. The maximum Gasteiger partial charge on any atom is 0.223 e. The van der Waals surface area contributed by atoms with Crippen LogP contribution in [0.1, 0.15) is 58.3 Å². The molecule has 0 radical (unpaired) electrons. The fourth-order valence-corrected chi connectivity index (χ4v) is 3.25. The summed E-state index contributed by atoms with van der Waals surface area (Å²) in [5.41, 5.74) is 8.41. The minimum Gasteiger partial charge on any atom is -0.353 e. The monoisotopic (exact) mass is 264 g/mol. The zero-order valence-corrected chi connectivity index (χ0v) is 11.7. The second kappa shape index (κ2) is 6.80. The molecule has 0 aromatic rings. The van der Waals surface area contributed by atoms with Gasteiger partial charge in [0.25, 0.3) is 0 Å². The molecule has 0 bridgehead atoms. The molecule has 0 spiro atoms. The van der Waals surface area contributed by atoms with Crippen molar-refractivity contribution in [3.05, 3.63) is 10.4 Å². The molecule has 0 aliphatic heterocycles. The number of amides is 1. The van der Waals surface area contributed by atoms with E-state index in [0.717, 1.165) is 44.4 Å². The highest BCUT2D eigenvalue weighted by Crippen LogP contribution is 2.29. The van der Waals surface area contributed by atoms with Gasteiger partial charge in [-0.25, -0.2) is 0 Å². The second-order valence-electron chi connectivity index (χ2n) is 6.18. The van der Waals surface area contributed by atoms with Crippen LogP contribution in [0.3, 0.4) is 0 Å². The van der Waals surface area contributed by atoms with E-state index in [1.807, 2.05) is 0 Å². The van der Waals surface area contributed by atoms with Crippen LogP contribution in [0.15, 0.2) is 5.11 Å². The lowest BCUT2D eigenvalue weighted by Gasteiger charge is -2.30. The summed E-state index contributed by atoms with van der Waals surface area (Å²) >= 11 is 0. The molecule has 1 amide bonds. The molecule has 1 N–H and O–H groups in total. The van der Waals surface area contributed by atoms with Gasteiger partial charge in [0.05, 0.1) is 0 Å². The average molecular weight is 264 g/mol. The number of carbonyl (C=O) groups excluding carboxylic acids is 1. The van der Waals surface area contributed by atoms with E-state index in [4.69, 9.17) is 5.53 Å². The molecule has 0 unspecified atom stereocenters. The van der Waals surface area contributed by atoms with E-state index in [9.17, 15) is 4.79 Å². The first-order valence-electron chi connectivity index (χ1n) is 7.53. The van der Waals surface area contributed by atoms with Crippen LogP contribution in [-0.4, -0.2) is 18.0 Å². The molecule has 106 valence electrons. The molecule has 19 heavy (non-hydrogen) atoms. The predicted molar refractivity (Wildman–Crippen MR) is 74.5 cm³/mol. The van der Waals surface area contributed by atoms with Crippen molar-refractivity contribution in [1.29, 1.82) is 0 Å². The minimum absolute atomic E-state index is 0.133. The van der Waals surface area contributed by atoms with Crippen LogP contribution >= 0.6 is 0 Å². The lowest BCUT2D eigenvalue weighted by Crippen LogP contribution is -2.42. The van der Waals surface area contributed by atoms with E-state index in [2.05, 4.69) is 22.3 Å². The first-order chi connectivity index (χ1) is 9.19. The van der Waals surface area contributed by atoms with E-state index in [0.29, 0.717) is 0 Å². The molecule has 5 nitrogen and oxygen atoms in total. The fourth-order valence-electron chi connectivity index (χ4n) is 3.25. The molecule has 2 saturated carbocycles. The van der Waals surface area contributed by atoms with Crippen LogP contribution in [0.4, 0.5) is 0 Å². The van der Waals surface area contributed by atoms with Gasteiger partial charge in [-0.15, -0.1) is 0 Å². The largest absolute Gasteiger partial charge is 0.353 e. The van der Waals surface area contributed by atoms with E-state index < -0.39 is 0 Å². The van der Waals surface area contributed by atoms with Crippen molar-refractivity contribution in [3.8, 4) is 0 Å². The normalized spacial score (nSPS) is 35.2. The fraction of sp³-hybridized carbons (Fsp3) is 0.929. The van der Waals surface area contributed by atoms with Crippen LogP contribution in [0, 0.1) is 11.8 Å². The van der Waals surface area contributed by atoms with Gasteiger partial charge in [-0.2, -0.15) is 0 Å². The van der Waals surface area contributed by atoms with Gasteiger partial charge in [-0.3, -0.25) is 4.79 Å². The molecule has 0 aromatic heterocycles. The Labute approximate surface area is 114 Å². The summed E-state index contributed by atoms with van der Waals surface area (Å²) in [5, 5.41) is 6.96. The molecular weight excluding hydrogens is 240 g/mol. The SMILES string of the molecule is CC1CCC(C(=O)NC2CCC(N=[N+]=[N-])CC2)CC1. The zero-order valence-electron chi connectivity index (χ0n) is 11.7. The summed E-state index contributed by atoms with van der Waals surface area (Å²) < 4.78 is 0. The molecule has 2 rings (SSSR count). The number of nitrogens with one attached hydrogen (secondary N) is 1. The maximum absolute atomic E-state index is 12.2. The van der Waals surface area contributed by atoms with Crippen molar-refractivity contribution in [2.45, 2.75) is 70.4 Å². The molecular formula is C14H24N4O. The first-order valence-corrected chi connectivity index (χ1v) is 7.53. The predicted octanol–water partition coefficient (Wildman–Crippen LogP) is 3.55. The zero-order chi connectivity index (χ0) is 13.7. The van der Waals surface area contributed by atoms with Gasteiger partial charge >= 0.3 is 0 Å². The maximum atomic E-state index is 12.2. The van der Waals surface area contributed by atoms with Crippen molar-refractivity contribution in [2.75, 3.05) is 0 Å². The van der Waals surface area contributed by atoms with Crippen molar-refractivity contribution in [3.63, 3.8) is 0 Å². The van der Waals surface area contributed by atoms with Gasteiger partial charge in [-0.1, -0.05) is 12.0 Å². The van der Waals surface area contributed by atoms with Gasteiger partial charge in [0.15, 0.2) is 0 Å². The summed E-state index contributed by atoms with van der Waals surface area (Å²) in [6.45, 7) is 2.27.